The summed E-state index contributed by atoms with van der Waals surface area (Å²) in [5.41, 5.74) is 18.9. The third-order valence-electron chi connectivity index (χ3n) is 9.19. The molecule has 0 unspecified atom stereocenters. The molecule has 0 spiro atoms. The Balaban J connectivity index is 1.75. The Morgan fingerprint density at radius 2 is 1.42 bits per heavy atom. The summed E-state index contributed by atoms with van der Waals surface area (Å²) in [7, 11) is 0. The van der Waals surface area contributed by atoms with Gasteiger partial charge in [0, 0.05) is 32.5 Å². The van der Waals surface area contributed by atoms with E-state index in [1.54, 1.807) is 0 Å². The van der Waals surface area contributed by atoms with E-state index >= 15 is 0 Å². The summed E-state index contributed by atoms with van der Waals surface area (Å²) in [6.45, 7) is 4.92. The number of rotatable bonds is 19. The summed E-state index contributed by atoms with van der Waals surface area (Å²) >= 11 is 0. The number of nitrogens with one attached hydrogen (secondary N) is 3. The zero-order chi connectivity index (χ0) is 36.7. The monoisotopic (exact) mass is 693 g/mol. The molecule has 4 amide bonds. The molecule has 1 saturated heterocycles. The Morgan fingerprint density at radius 3 is 2.02 bits per heavy atom. The minimum absolute atomic E-state index is 0.0120. The van der Waals surface area contributed by atoms with E-state index in [2.05, 4.69) is 16.0 Å². The molecule has 1 heterocycles. The Kier molecular flexibility index (Phi) is 15.8. The summed E-state index contributed by atoms with van der Waals surface area (Å²) in [5.74, 6) is -2.77. The van der Waals surface area contributed by atoms with E-state index in [0.717, 1.165) is 16.7 Å². The Hall–Kier alpha value is -4.33. The molecule has 3 atom stereocenters. The van der Waals surface area contributed by atoms with Crippen molar-refractivity contribution in [1.82, 2.24) is 20.9 Å². The fourth-order valence-corrected chi connectivity index (χ4v) is 6.13. The normalized spacial score (nSPS) is 15.8. The third-order valence-corrected chi connectivity index (χ3v) is 9.19. The molecule has 2 aromatic carbocycles. The molecule has 0 aliphatic carbocycles. The van der Waals surface area contributed by atoms with Crippen molar-refractivity contribution in [2.75, 3.05) is 19.6 Å². The molecule has 1 aliphatic heterocycles. The smallest absolute Gasteiger partial charge is 0.323 e. The number of amides is 4. The van der Waals surface area contributed by atoms with Crippen LogP contribution in [0.5, 0.6) is 0 Å². The van der Waals surface area contributed by atoms with Gasteiger partial charge in [-0.05, 0) is 74.1 Å². The van der Waals surface area contributed by atoms with E-state index in [4.69, 9.17) is 17.2 Å². The maximum Gasteiger partial charge on any atom is 0.323 e. The van der Waals surface area contributed by atoms with Gasteiger partial charge in [-0.1, -0.05) is 68.4 Å². The molecule has 0 aromatic heterocycles. The van der Waals surface area contributed by atoms with Crippen LogP contribution in [-0.2, 0) is 43.4 Å². The molecule has 0 saturated carbocycles. The Bertz CT molecular complexity index is 1430. The van der Waals surface area contributed by atoms with Crippen molar-refractivity contribution in [3.63, 3.8) is 0 Å². The lowest BCUT2D eigenvalue weighted by atomic mass is 9.88. The third kappa shape index (κ3) is 12.2. The maximum atomic E-state index is 13.9. The van der Waals surface area contributed by atoms with E-state index in [0.29, 0.717) is 45.2 Å². The van der Waals surface area contributed by atoms with Crippen LogP contribution < -0.4 is 33.2 Å². The number of carboxylic acids is 1. The largest absolute Gasteiger partial charge is 0.480 e. The number of aliphatic carboxylic acids is 1. The molecule has 0 radical (unpaired) electrons. The first-order valence-electron chi connectivity index (χ1n) is 17.6. The van der Waals surface area contributed by atoms with Crippen LogP contribution in [0, 0.1) is 5.92 Å². The van der Waals surface area contributed by atoms with Gasteiger partial charge < -0.3 is 43.2 Å². The number of likely N-dealkylation sites (tertiary alicyclic amines) is 1. The molecule has 13 nitrogen and oxygen atoms in total. The molecule has 1 aliphatic rings. The van der Waals surface area contributed by atoms with Gasteiger partial charge in [0.1, 0.15) is 23.7 Å². The minimum Gasteiger partial charge on any atom is -0.480 e. The van der Waals surface area contributed by atoms with Gasteiger partial charge in [0.25, 0.3) is 0 Å². The predicted octanol–water partition coefficient (Wildman–Crippen LogP) is 1.35. The lowest BCUT2D eigenvalue weighted by Crippen LogP contribution is -2.60. The van der Waals surface area contributed by atoms with Crippen LogP contribution in [0.15, 0.2) is 54.6 Å². The minimum atomic E-state index is -1.40. The highest BCUT2D eigenvalue weighted by Gasteiger charge is 2.40. The van der Waals surface area contributed by atoms with Crippen LogP contribution in [0.25, 0.3) is 0 Å². The standard InChI is InChI=1S/C37H55N7O6/c1-25(2)22-30(33(46)42-29(14-8-9-19-38)35(48)44-20-17-37(40,18-21-44)36(49)50)43-34(47)31(23-26-10-4-3-5-11-26)41-32(45)16-15-27-12-6-7-13-28(27)24-39/h3-7,10-13,25,29-31H,8-9,14-24,38-40H2,1-2H3,(H,41,45)(H,42,46)(H,43,47)(H,49,50)/t29-,30-,31-/m1/s1. The molecular formula is C37H55N7O6. The fourth-order valence-electron chi connectivity index (χ4n) is 6.13. The number of aryl methyl sites for hydroxylation is 1. The van der Waals surface area contributed by atoms with Gasteiger partial charge in [0.05, 0.1) is 0 Å². The second-order valence-corrected chi connectivity index (χ2v) is 13.6. The Morgan fingerprint density at radius 1 is 0.820 bits per heavy atom. The second-order valence-electron chi connectivity index (χ2n) is 13.6. The molecule has 3 rings (SSSR count). The van der Waals surface area contributed by atoms with Crippen molar-refractivity contribution in [3.8, 4) is 0 Å². The lowest BCUT2D eigenvalue weighted by molar-refractivity contribution is -0.148. The van der Waals surface area contributed by atoms with Crippen molar-refractivity contribution in [3.05, 3.63) is 71.3 Å². The number of hydrogen-bond donors (Lipinski definition) is 7. The SMILES string of the molecule is CC(C)C[C@@H](NC(=O)[C@@H](Cc1ccccc1)NC(=O)CCc1ccccc1CN)C(=O)N[C@H](CCCCN)C(=O)N1CCC(N)(C(=O)O)CC1. The molecule has 10 N–H and O–H groups in total. The first-order valence-corrected chi connectivity index (χ1v) is 17.6. The van der Waals surface area contributed by atoms with E-state index in [1.165, 1.54) is 4.90 Å². The van der Waals surface area contributed by atoms with Gasteiger partial charge in [-0.3, -0.25) is 24.0 Å². The second kappa shape index (κ2) is 19.8. The number of carbonyl (C=O) groups excluding carboxylic acids is 4. The van der Waals surface area contributed by atoms with Crippen molar-refractivity contribution < 1.29 is 29.1 Å². The summed E-state index contributed by atoms with van der Waals surface area (Å²) < 4.78 is 0. The average Bonchev–Trinajstić information content (AvgIpc) is 3.10. The van der Waals surface area contributed by atoms with Gasteiger partial charge >= 0.3 is 5.97 Å². The highest BCUT2D eigenvalue weighted by Crippen LogP contribution is 2.21. The van der Waals surface area contributed by atoms with Crippen LogP contribution >= 0.6 is 0 Å². The first-order chi connectivity index (χ1) is 23.9. The molecule has 50 heavy (non-hydrogen) atoms. The van der Waals surface area contributed by atoms with Crippen molar-refractivity contribution in [1.29, 1.82) is 0 Å². The van der Waals surface area contributed by atoms with Gasteiger partial charge in [0.2, 0.25) is 23.6 Å². The molecular weight excluding hydrogens is 638 g/mol. The zero-order valence-corrected chi connectivity index (χ0v) is 29.4. The van der Waals surface area contributed by atoms with E-state index in [1.807, 2.05) is 68.4 Å². The number of carboxylic acid groups (broad SMARTS) is 1. The van der Waals surface area contributed by atoms with Gasteiger partial charge in [0.15, 0.2) is 0 Å². The number of nitrogens with zero attached hydrogens (tertiary/aromatic N) is 1. The number of carbonyl (C=O) groups is 5. The van der Waals surface area contributed by atoms with E-state index in [-0.39, 0.29) is 56.5 Å². The van der Waals surface area contributed by atoms with Crippen LogP contribution in [0.4, 0.5) is 0 Å². The first kappa shape index (κ1) is 40.1. The summed E-state index contributed by atoms with van der Waals surface area (Å²) in [4.78, 5) is 67.7. The molecule has 1 fully saturated rings. The van der Waals surface area contributed by atoms with Gasteiger partial charge in [-0.2, -0.15) is 0 Å². The quantitative estimate of drug-likeness (QED) is 0.105. The van der Waals surface area contributed by atoms with Crippen molar-refractivity contribution in [2.45, 2.75) is 102 Å². The van der Waals surface area contributed by atoms with E-state index in [9.17, 15) is 29.1 Å². The molecule has 13 heteroatoms. The predicted molar refractivity (Wildman–Crippen MR) is 191 cm³/mol. The fraction of sp³-hybridized carbons (Fsp3) is 0.541. The molecule has 0 bridgehead atoms. The summed E-state index contributed by atoms with van der Waals surface area (Å²) in [5, 5.41) is 18.1. The molecule has 274 valence electrons. The number of nitrogens with two attached hydrogens (primary N) is 3. The average molecular weight is 694 g/mol. The van der Waals surface area contributed by atoms with Gasteiger partial charge in [-0.15, -0.1) is 0 Å². The number of unbranched alkanes of at least 4 members (excludes halogenated alkanes) is 1. The molecule has 2 aromatic rings. The van der Waals surface area contributed by atoms with Crippen LogP contribution in [0.2, 0.25) is 0 Å². The summed E-state index contributed by atoms with van der Waals surface area (Å²) in [6, 6.07) is 14.1. The van der Waals surface area contributed by atoms with Crippen LogP contribution in [0.3, 0.4) is 0 Å². The van der Waals surface area contributed by atoms with Crippen LogP contribution in [-0.4, -0.2) is 82.9 Å². The van der Waals surface area contributed by atoms with Crippen molar-refractivity contribution >= 4 is 29.6 Å². The van der Waals surface area contributed by atoms with Crippen LogP contribution in [0.1, 0.15) is 75.5 Å². The number of benzene rings is 2. The lowest BCUT2D eigenvalue weighted by Gasteiger charge is -2.38. The highest BCUT2D eigenvalue weighted by molar-refractivity contribution is 5.94. The van der Waals surface area contributed by atoms with E-state index < -0.39 is 41.4 Å². The topological polar surface area (TPSA) is 223 Å². The maximum absolute atomic E-state index is 13.9. The zero-order valence-electron chi connectivity index (χ0n) is 29.4. The van der Waals surface area contributed by atoms with Gasteiger partial charge in [-0.25, -0.2) is 0 Å². The number of piperidine rings is 1. The summed E-state index contributed by atoms with van der Waals surface area (Å²) in [6.07, 6.45) is 2.85. The number of hydrogen-bond acceptors (Lipinski definition) is 8. The Labute approximate surface area is 295 Å². The van der Waals surface area contributed by atoms with Crippen molar-refractivity contribution in [2.24, 2.45) is 23.1 Å². The highest BCUT2D eigenvalue weighted by atomic mass is 16.4.